The lowest BCUT2D eigenvalue weighted by Crippen LogP contribution is -2.55. The number of hydrogen-bond acceptors (Lipinski definition) is 3. The molecule has 0 unspecified atom stereocenters. The minimum absolute atomic E-state index is 0.261. The topological polar surface area (TPSA) is 61.8 Å². The normalized spacial score (nSPS) is 20.5. The summed E-state index contributed by atoms with van der Waals surface area (Å²) in [6, 6.07) is 33.7. The fourth-order valence-electron chi connectivity index (χ4n) is 5.14. The number of anilines is 1. The van der Waals surface area contributed by atoms with Gasteiger partial charge in [-0.15, -0.1) is 0 Å². The van der Waals surface area contributed by atoms with E-state index < -0.39 is 11.6 Å². The van der Waals surface area contributed by atoms with Gasteiger partial charge in [0.05, 0.1) is 0 Å². The number of rotatable bonds is 3. The van der Waals surface area contributed by atoms with Crippen LogP contribution in [0.3, 0.4) is 0 Å². The predicted octanol–water partition coefficient (Wildman–Crippen LogP) is 5.49. The minimum atomic E-state index is -1.36. The van der Waals surface area contributed by atoms with Crippen LogP contribution in [0.15, 0.2) is 114 Å². The van der Waals surface area contributed by atoms with Crippen LogP contribution in [0.4, 0.5) is 5.69 Å². The molecule has 2 amide bonds. The zero-order valence-electron chi connectivity index (χ0n) is 19.2. The maximum Gasteiger partial charge on any atom is 0.260 e. The highest BCUT2D eigenvalue weighted by atomic mass is 16.2. The second kappa shape index (κ2) is 8.06. The van der Waals surface area contributed by atoms with Crippen LogP contribution in [0, 0.1) is 6.92 Å². The summed E-state index contributed by atoms with van der Waals surface area (Å²) >= 11 is 0. The second-order valence-electron chi connectivity index (χ2n) is 8.90. The van der Waals surface area contributed by atoms with Crippen molar-refractivity contribution >= 4 is 23.3 Å². The zero-order valence-corrected chi connectivity index (χ0v) is 19.2. The van der Waals surface area contributed by atoms with Gasteiger partial charge in [-0.1, -0.05) is 96.6 Å². The summed E-state index contributed by atoms with van der Waals surface area (Å²) in [6.45, 7) is 2.02. The van der Waals surface area contributed by atoms with Crippen molar-refractivity contribution in [1.29, 1.82) is 0 Å². The number of aryl methyl sites for hydroxylation is 1. The molecule has 0 saturated carbocycles. The van der Waals surface area contributed by atoms with Gasteiger partial charge in [0.1, 0.15) is 11.9 Å². The number of carbonyl (C=O) groups is 2. The molecule has 1 N–H and O–H groups in total. The van der Waals surface area contributed by atoms with Crippen molar-refractivity contribution in [2.24, 2.45) is 4.99 Å². The van der Waals surface area contributed by atoms with Crippen molar-refractivity contribution in [1.82, 2.24) is 4.90 Å². The average molecular weight is 458 g/mol. The number of fused-ring (bicyclic) bond motifs is 2. The van der Waals surface area contributed by atoms with E-state index in [0.29, 0.717) is 17.1 Å². The molecule has 0 fully saturated rings. The Balaban J connectivity index is 1.66. The number of para-hydroxylation sites is 1. The number of amides is 2. The van der Waals surface area contributed by atoms with E-state index in [9.17, 15) is 9.59 Å². The summed E-state index contributed by atoms with van der Waals surface area (Å²) in [7, 11) is 0. The van der Waals surface area contributed by atoms with Gasteiger partial charge in [0.15, 0.2) is 5.54 Å². The third kappa shape index (κ3) is 3.12. The number of nitrogens with zero attached hydrogens (tertiary/aromatic N) is 2. The first-order valence-corrected chi connectivity index (χ1v) is 11.6. The lowest BCUT2D eigenvalue weighted by atomic mass is 9.79. The maximum absolute atomic E-state index is 14.2. The number of amidine groups is 1. The smallest absolute Gasteiger partial charge is 0.260 e. The Morgan fingerprint density at radius 3 is 2.17 bits per heavy atom. The van der Waals surface area contributed by atoms with Crippen molar-refractivity contribution in [2.75, 3.05) is 5.32 Å². The summed E-state index contributed by atoms with van der Waals surface area (Å²) in [5.41, 5.74) is 3.35. The van der Waals surface area contributed by atoms with E-state index in [1.165, 1.54) is 0 Å². The van der Waals surface area contributed by atoms with Gasteiger partial charge in [0, 0.05) is 22.4 Å². The molecule has 0 aromatic heterocycles. The van der Waals surface area contributed by atoms with E-state index in [-0.39, 0.29) is 11.8 Å². The van der Waals surface area contributed by atoms with Crippen molar-refractivity contribution < 1.29 is 9.59 Å². The van der Waals surface area contributed by atoms with Crippen LogP contribution < -0.4 is 5.32 Å². The van der Waals surface area contributed by atoms with E-state index in [4.69, 9.17) is 4.99 Å². The molecule has 5 heteroatoms. The Kier molecular flexibility index (Phi) is 4.85. The highest BCUT2D eigenvalue weighted by Crippen LogP contribution is 2.54. The molecule has 5 nitrogen and oxygen atoms in total. The third-order valence-electron chi connectivity index (χ3n) is 6.79. The minimum Gasteiger partial charge on any atom is -0.323 e. The molecule has 2 aliphatic heterocycles. The molecule has 0 radical (unpaired) electrons. The number of nitrogens with one attached hydrogen (secondary N) is 1. The average Bonchev–Trinajstić information content (AvgIpc) is 3.41. The fourth-order valence-corrected chi connectivity index (χ4v) is 5.14. The van der Waals surface area contributed by atoms with Gasteiger partial charge in [-0.05, 0) is 30.7 Å². The molecule has 2 aliphatic rings. The van der Waals surface area contributed by atoms with E-state index in [2.05, 4.69) is 5.32 Å². The van der Waals surface area contributed by atoms with Crippen LogP contribution in [0.25, 0.3) is 0 Å². The number of carbonyl (C=O) groups excluding carboxylic acids is 2. The highest BCUT2D eigenvalue weighted by molar-refractivity contribution is 6.21. The van der Waals surface area contributed by atoms with Crippen LogP contribution in [0.2, 0.25) is 0 Å². The molecule has 0 saturated heterocycles. The largest absolute Gasteiger partial charge is 0.323 e. The van der Waals surface area contributed by atoms with Crippen molar-refractivity contribution in [3.05, 3.63) is 137 Å². The predicted molar refractivity (Wildman–Crippen MR) is 136 cm³/mol. The molecule has 2 atom stereocenters. The summed E-state index contributed by atoms with van der Waals surface area (Å²) in [6.07, 6.45) is 0. The number of aliphatic imine (C=N–C) groups is 1. The Labute approximate surface area is 203 Å². The first-order chi connectivity index (χ1) is 17.1. The van der Waals surface area contributed by atoms with Crippen LogP contribution in [0.1, 0.15) is 38.7 Å². The summed E-state index contributed by atoms with van der Waals surface area (Å²) in [5, 5.41) is 3.04. The lowest BCUT2D eigenvalue weighted by Gasteiger charge is -2.37. The molecular weight excluding hydrogens is 434 g/mol. The molecule has 170 valence electrons. The Morgan fingerprint density at radius 1 is 0.829 bits per heavy atom. The summed E-state index contributed by atoms with van der Waals surface area (Å²) in [4.78, 5) is 35.0. The highest BCUT2D eigenvalue weighted by Gasteiger charge is 2.63. The van der Waals surface area contributed by atoms with Gasteiger partial charge in [0.25, 0.3) is 11.8 Å². The third-order valence-corrected chi connectivity index (χ3v) is 6.79. The molecule has 0 bridgehead atoms. The summed E-state index contributed by atoms with van der Waals surface area (Å²) in [5.74, 6) is -0.0465. The molecule has 35 heavy (non-hydrogen) atoms. The Hall–Kier alpha value is -4.51. The van der Waals surface area contributed by atoms with Crippen molar-refractivity contribution in [3.8, 4) is 0 Å². The second-order valence-corrected chi connectivity index (χ2v) is 8.90. The zero-order chi connectivity index (χ0) is 24.0. The molecule has 1 spiro atoms. The summed E-state index contributed by atoms with van der Waals surface area (Å²) < 4.78 is 0. The molecule has 4 aromatic rings. The van der Waals surface area contributed by atoms with Crippen LogP contribution in [0.5, 0.6) is 0 Å². The quantitative estimate of drug-likeness (QED) is 0.442. The molecule has 6 rings (SSSR count). The van der Waals surface area contributed by atoms with Gasteiger partial charge in [-0.2, -0.15) is 0 Å². The van der Waals surface area contributed by atoms with Gasteiger partial charge in [-0.25, -0.2) is 0 Å². The van der Waals surface area contributed by atoms with E-state index in [1.54, 1.807) is 17.0 Å². The number of benzene rings is 4. The van der Waals surface area contributed by atoms with Gasteiger partial charge in [0.2, 0.25) is 0 Å². The van der Waals surface area contributed by atoms with E-state index >= 15 is 0 Å². The maximum atomic E-state index is 14.2. The molecule has 4 aromatic carbocycles. The van der Waals surface area contributed by atoms with Gasteiger partial charge < -0.3 is 5.32 Å². The van der Waals surface area contributed by atoms with Crippen LogP contribution in [-0.4, -0.2) is 22.5 Å². The fraction of sp³-hybridized carbons (Fsp3) is 0.100. The van der Waals surface area contributed by atoms with Crippen molar-refractivity contribution in [2.45, 2.75) is 18.5 Å². The standard InChI is InChI=1S/C30H23N3O2/c1-20-16-18-21(19-17-20)26-30(24-14-8-9-15-25(24)31-29(30)35)33(28(34)23-12-6-3-7-13-23)27(32-26)22-10-4-2-5-11-22/h2-19,26H,1H3,(H,31,35)/t26-,30-/m1/s1. The first kappa shape index (κ1) is 21.1. The Bertz CT molecular complexity index is 1460. The molecule has 0 aliphatic carbocycles. The van der Waals surface area contributed by atoms with Gasteiger partial charge >= 0.3 is 0 Å². The Morgan fingerprint density at radius 2 is 1.46 bits per heavy atom. The molecule has 2 heterocycles. The SMILES string of the molecule is Cc1ccc([C@H]2N=C(c3ccccc3)N(C(=O)c3ccccc3)[C@@]23C(=O)Nc2ccccc23)cc1. The first-order valence-electron chi connectivity index (χ1n) is 11.6. The van der Waals surface area contributed by atoms with Crippen LogP contribution >= 0.6 is 0 Å². The van der Waals surface area contributed by atoms with E-state index in [0.717, 1.165) is 22.3 Å². The van der Waals surface area contributed by atoms with Gasteiger partial charge in [-0.3, -0.25) is 19.5 Å². The lowest BCUT2D eigenvalue weighted by molar-refractivity contribution is -0.125. The number of hydrogen-bond donors (Lipinski definition) is 1. The van der Waals surface area contributed by atoms with Crippen LogP contribution in [-0.2, 0) is 10.3 Å². The van der Waals surface area contributed by atoms with Crippen molar-refractivity contribution in [3.63, 3.8) is 0 Å². The van der Waals surface area contributed by atoms with E-state index in [1.807, 2.05) is 104 Å². The molecular formula is C30H23N3O2. The monoisotopic (exact) mass is 457 g/mol.